The van der Waals surface area contributed by atoms with Crippen molar-refractivity contribution >= 4 is 5.69 Å². The first kappa shape index (κ1) is 13.4. The fraction of sp³-hybridized carbons (Fsp3) is 0.625. The van der Waals surface area contributed by atoms with E-state index >= 15 is 0 Å². The van der Waals surface area contributed by atoms with Crippen LogP contribution < -0.4 is 11.1 Å². The standard InChI is InChI=1S/C16H26N2/c1-3-4-13-5-7-14(8-6-13)18-15-9-11-16(2,17)12-10-15/h5-8,15,18H,3-4,9-12,17H2,1-2H3. The van der Waals surface area contributed by atoms with Crippen LogP contribution in [0.5, 0.6) is 0 Å². The van der Waals surface area contributed by atoms with Gasteiger partial charge in [0.15, 0.2) is 0 Å². The van der Waals surface area contributed by atoms with Gasteiger partial charge in [0.2, 0.25) is 0 Å². The second kappa shape index (κ2) is 5.75. The van der Waals surface area contributed by atoms with E-state index in [0.717, 1.165) is 12.8 Å². The summed E-state index contributed by atoms with van der Waals surface area (Å²) in [4.78, 5) is 0. The first-order valence-electron chi connectivity index (χ1n) is 7.23. The molecule has 1 saturated carbocycles. The van der Waals surface area contributed by atoms with Crippen LogP contribution in [0.25, 0.3) is 0 Å². The molecule has 0 radical (unpaired) electrons. The normalized spacial score (nSPS) is 28.1. The fourth-order valence-electron chi connectivity index (χ4n) is 2.71. The van der Waals surface area contributed by atoms with Crippen molar-refractivity contribution in [1.29, 1.82) is 0 Å². The number of nitrogens with two attached hydrogens (primary N) is 1. The van der Waals surface area contributed by atoms with Crippen molar-refractivity contribution < 1.29 is 0 Å². The molecule has 1 aliphatic rings. The third-order valence-corrected chi connectivity index (χ3v) is 3.99. The molecule has 0 heterocycles. The lowest BCUT2D eigenvalue weighted by Crippen LogP contribution is -2.42. The van der Waals surface area contributed by atoms with Crippen LogP contribution in [0.1, 0.15) is 51.5 Å². The van der Waals surface area contributed by atoms with Crippen LogP contribution in [0.2, 0.25) is 0 Å². The van der Waals surface area contributed by atoms with Gasteiger partial charge < -0.3 is 11.1 Å². The maximum Gasteiger partial charge on any atom is 0.0342 e. The van der Waals surface area contributed by atoms with Crippen molar-refractivity contribution in [3.63, 3.8) is 0 Å². The fourth-order valence-corrected chi connectivity index (χ4v) is 2.71. The van der Waals surface area contributed by atoms with Crippen LogP contribution in [-0.4, -0.2) is 11.6 Å². The average molecular weight is 246 g/mol. The molecule has 0 aromatic heterocycles. The van der Waals surface area contributed by atoms with Gasteiger partial charge in [-0.05, 0) is 56.7 Å². The third-order valence-electron chi connectivity index (χ3n) is 3.99. The Balaban J connectivity index is 1.86. The van der Waals surface area contributed by atoms with Gasteiger partial charge in [0.25, 0.3) is 0 Å². The van der Waals surface area contributed by atoms with Gasteiger partial charge in [0, 0.05) is 17.3 Å². The van der Waals surface area contributed by atoms with Crippen molar-refractivity contribution in [1.82, 2.24) is 0 Å². The molecule has 2 heteroatoms. The number of rotatable bonds is 4. The molecule has 0 saturated heterocycles. The molecule has 1 aromatic rings. The summed E-state index contributed by atoms with van der Waals surface area (Å²) in [6.07, 6.45) is 7.00. The van der Waals surface area contributed by atoms with E-state index in [1.54, 1.807) is 0 Å². The molecule has 100 valence electrons. The van der Waals surface area contributed by atoms with Crippen molar-refractivity contribution in [2.75, 3.05) is 5.32 Å². The van der Waals surface area contributed by atoms with E-state index in [9.17, 15) is 0 Å². The number of hydrogen-bond acceptors (Lipinski definition) is 2. The lowest BCUT2D eigenvalue weighted by Gasteiger charge is -2.34. The van der Waals surface area contributed by atoms with Gasteiger partial charge in [0.1, 0.15) is 0 Å². The van der Waals surface area contributed by atoms with Gasteiger partial charge in [-0.25, -0.2) is 0 Å². The monoisotopic (exact) mass is 246 g/mol. The summed E-state index contributed by atoms with van der Waals surface area (Å²) in [7, 11) is 0. The Morgan fingerprint density at radius 1 is 1.22 bits per heavy atom. The predicted molar refractivity (Wildman–Crippen MR) is 78.9 cm³/mol. The van der Waals surface area contributed by atoms with E-state index < -0.39 is 0 Å². The van der Waals surface area contributed by atoms with Crippen molar-refractivity contribution in [3.05, 3.63) is 29.8 Å². The van der Waals surface area contributed by atoms with Crippen LogP contribution >= 0.6 is 0 Å². The molecule has 1 aliphatic carbocycles. The summed E-state index contributed by atoms with van der Waals surface area (Å²) in [6.45, 7) is 4.39. The van der Waals surface area contributed by atoms with Gasteiger partial charge in [-0.3, -0.25) is 0 Å². The Hall–Kier alpha value is -1.02. The molecule has 2 rings (SSSR count). The average Bonchev–Trinajstić information content (AvgIpc) is 2.35. The van der Waals surface area contributed by atoms with E-state index in [1.807, 2.05) is 0 Å². The van der Waals surface area contributed by atoms with E-state index in [1.165, 1.54) is 36.9 Å². The summed E-state index contributed by atoms with van der Waals surface area (Å²) < 4.78 is 0. The third kappa shape index (κ3) is 3.74. The summed E-state index contributed by atoms with van der Waals surface area (Å²) in [5, 5.41) is 3.63. The SMILES string of the molecule is CCCc1ccc(NC2CCC(C)(N)CC2)cc1. The summed E-state index contributed by atoms with van der Waals surface area (Å²) in [5.74, 6) is 0. The van der Waals surface area contributed by atoms with E-state index in [-0.39, 0.29) is 5.54 Å². The summed E-state index contributed by atoms with van der Waals surface area (Å²) >= 11 is 0. The minimum atomic E-state index is 0.0587. The molecule has 0 bridgehead atoms. The predicted octanol–water partition coefficient (Wildman–Crippen LogP) is 3.71. The summed E-state index contributed by atoms with van der Waals surface area (Å²) in [5.41, 5.74) is 8.90. The molecular weight excluding hydrogens is 220 g/mol. The quantitative estimate of drug-likeness (QED) is 0.850. The van der Waals surface area contributed by atoms with E-state index in [0.29, 0.717) is 6.04 Å². The van der Waals surface area contributed by atoms with Gasteiger partial charge in [-0.1, -0.05) is 25.5 Å². The van der Waals surface area contributed by atoms with E-state index in [2.05, 4.69) is 43.4 Å². The zero-order chi connectivity index (χ0) is 13.0. The Labute approximate surface area is 111 Å². The lowest BCUT2D eigenvalue weighted by molar-refractivity contribution is 0.305. The number of nitrogens with one attached hydrogen (secondary N) is 1. The summed E-state index contributed by atoms with van der Waals surface area (Å²) in [6, 6.07) is 9.49. The minimum Gasteiger partial charge on any atom is -0.382 e. The Morgan fingerprint density at radius 3 is 2.39 bits per heavy atom. The molecule has 0 spiro atoms. The topological polar surface area (TPSA) is 38.0 Å². The zero-order valence-corrected chi connectivity index (χ0v) is 11.7. The van der Waals surface area contributed by atoms with Crippen LogP contribution in [0.15, 0.2) is 24.3 Å². The van der Waals surface area contributed by atoms with Gasteiger partial charge in [-0.2, -0.15) is 0 Å². The molecule has 0 unspecified atom stereocenters. The minimum absolute atomic E-state index is 0.0587. The maximum atomic E-state index is 6.16. The van der Waals surface area contributed by atoms with Crippen molar-refractivity contribution in [2.45, 2.75) is 64.0 Å². The maximum absolute atomic E-state index is 6.16. The molecule has 0 atom stereocenters. The Kier molecular flexibility index (Phi) is 4.28. The van der Waals surface area contributed by atoms with Gasteiger partial charge in [0.05, 0.1) is 0 Å². The Morgan fingerprint density at radius 2 is 1.83 bits per heavy atom. The number of aryl methyl sites for hydroxylation is 1. The molecule has 2 nitrogen and oxygen atoms in total. The van der Waals surface area contributed by atoms with Crippen LogP contribution in [0, 0.1) is 0 Å². The Bertz CT molecular complexity index is 357. The molecule has 0 aliphatic heterocycles. The first-order valence-corrected chi connectivity index (χ1v) is 7.23. The highest BCUT2D eigenvalue weighted by atomic mass is 14.9. The molecule has 1 fully saturated rings. The van der Waals surface area contributed by atoms with Gasteiger partial charge in [-0.15, -0.1) is 0 Å². The van der Waals surface area contributed by atoms with Gasteiger partial charge >= 0.3 is 0 Å². The van der Waals surface area contributed by atoms with Crippen LogP contribution in [0.3, 0.4) is 0 Å². The molecule has 3 N–H and O–H groups in total. The molecule has 0 amide bonds. The van der Waals surface area contributed by atoms with Crippen LogP contribution in [-0.2, 0) is 6.42 Å². The van der Waals surface area contributed by atoms with Crippen molar-refractivity contribution in [3.8, 4) is 0 Å². The number of anilines is 1. The largest absolute Gasteiger partial charge is 0.382 e. The smallest absolute Gasteiger partial charge is 0.0342 e. The number of benzene rings is 1. The van der Waals surface area contributed by atoms with Crippen molar-refractivity contribution in [2.24, 2.45) is 5.73 Å². The van der Waals surface area contributed by atoms with Crippen LogP contribution in [0.4, 0.5) is 5.69 Å². The zero-order valence-electron chi connectivity index (χ0n) is 11.7. The molecular formula is C16H26N2. The first-order chi connectivity index (χ1) is 8.59. The highest BCUT2D eigenvalue weighted by molar-refractivity contribution is 5.45. The molecule has 18 heavy (non-hydrogen) atoms. The number of hydrogen-bond donors (Lipinski definition) is 2. The highest BCUT2D eigenvalue weighted by Crippen LogP contribution is 2.27. The lowest BCUT2D eigenvalue weighted by atomic mass is 9.81. The second-order valence-corrected chi connectivity index (χ2v) is 6.02. The second-order valence-electron chi connectivity index (χ2n) is 6.02. The van der Waals surface area contributed by atoms with E-state index in [4.69, 9.17) is 5.73 Å². The highest BCUT2D eigenvalue weighted by Gasteiger charge is 2.26. The molecule has 1 aromatic carbocycles.